The Balaban J connectivity index is 2.09. The quantitative estimate of drug-likeness (QED) is 0.824. The predicted octanol–water partition coefficient (Wildman–Crippen LogP) is 2.28. The Morgan fingerprint density at radius 3 is 2.87 bits per heavy atom. The zero-order valence-corrected chi connectivity index (χ0v) is 9.19. The summed E-state index contributed by atoms with van der Waals surface area (Å²) in [6.45, 7) is 2.94. The zero-order chi connectivity index (χ0) is 10.7. The lowest BCUT2D eigenvalue weighted by molar-refractivity contribution is 0.121. The molecule has 1 aromatic carbocycles. The number of nitrogens with one attached hydrogen (secondary N) is 1. The second-order valence-corrected chi connectivity index (χ2v) is 3.82. The summed E-state index contributed by atoms with van der Waals surface area (Å²) in [6.07, 6.45) is 1.33. The second kappa shape index (κ2) is 4.53. The first-order valence-electron chi connectivity index (χ1n) is 5.32. The molecule has 0 aliphatic carbocycles. The lowest BCUT2D eigenvalue weighted by atomic mass is 10.1. The maximum absolute atomic E-state index is 5.51. The van der Waals surface area contributed by atoms with Crippen molar-refractivity contribution in [3.05, 3.63) is 24.3 Å². The highest BCUT2D eigenvalue weighted by atomic mass is 16.5. The van der Waals surface area contributed by atoms with Gasteiger partial charge in [-0.25, -0.2) is 0 Å². The lowest BCUT2D eigenvalue weighted by Gasteiger charge is -2.19. The fraction of sp³-hybridized carbons (Fsp3) is 0.500. The molecule has 0 aromatic heterocycles. The molecule has 1 heterocycles. The van der Waals surface area contributed by atoms with Gasteiger partial charge in [0.1, 0.15) is 5.75 Å². The number of rotatable bonds is 3. The van der Waals surface area contributed by atoms with Gasteiger partial charge in [0.2, 0.25) is 0 Å². The molecule has 1 fully saturated rings. The molecule has 1 aromatic rings. The van der Waals surface area contributed by atoms with Gasteiger partial charge in [0, 0.05) is 6.61 Å². The van der Waals surface area contributed by atoms with E-state index in [1.165, 1.54) is 0 Å². The van der Waals surface area contributed by atoms with Crippen molar-refractivity contribution < 1.29 is 9.47 Å². The summed E-state index contributed by atoms with van der Waals surface area (Å²) in [5.74, 6) is 0.886. The molecular weight excluding hydrogens is 190 g/mol. The van der Waals surface area contributed by atoms with E-state index in [1.807, 2.05) is 24.3 Å². The van der Waals surface area contributed by atoms with Crippen molar-refractivity contribution in [2.24, 2.45) is 0 Å². The summed E-state index contributed by atoms with van der Waals surface area (Å²) >= 11 is 0. The fourth-order valence-electron chi connectivity index (χ4n) is 1.88. The van der Waals surface area contributed by atoms with Gasteiger partial charge < -0.3 is 14.8 Å². The fourth-order valence-corrected chi connectivity index (χ4v) is 1.88. The molecule has 2 rings (SSSR count). The van der Waals surface area contributed by atoms with E-state index in [-0.39, 0.29) is 6.10 Å². The van der Waals surface area contributed by atoms with E-state index in [1.54, 1.807) is 7.11 Å². The number of hydrogen-bond donors (Lipinski definition) is 1. The molecule has 3 heteroatoms. The average molecular weight is 207 g/mol. The third kappa shape index (κ3) is 2.23. The van der Waals surface area contributed by atoms with Crippen LogP contribution in [0, 0.1) is 0 Å². The molecule has 0 unspecified atom stereocenters. The summed E-state index contributed by atoms with van der Waals surface area (Å²) in [4.78, 5) is 0. The van der Waals surface area contributed by atoms with Crippen LogP contribution in [0.2, 0.25) is 0 Å². The lowest BCUT2D eigenvalue weighted by Crippen LogP contribution is -2.26. The van der Waals surface area contributed by atoms with Crippen molar-refractivity contribution in [3.63, 3.8) is 0 Å². The first-order valence-corrected chi connectivity index (χ1v) is 5.32. The molecular formula is C12H17NO2. The maximum Gasteiger partial charge on any atom is 0.141 e. The number of methoxy groups -OCH3 is 1. The first kappa shape index (κ1) is 10.3. The van der Waals surface area contributed by atoms with Crippen molar-refractivity contribution >= 4 is 5.69 Å². The van der Waals surface area contributed by atoms with Crippen molar-refractivity contribution in [2.45, 2.75) is 25.5 Å². The van der Waals surface area contributed by atoms with Crippen LogP contribution >= 0.6 is 0 Å². The van der Waals surface area contributed by atoms with Gasteiger partial charge in [0.05, 0.1) is 24.9 Å². The molecule has 3 nitrogen and oxygen atoms in total. The summed E-state index contributed by atoms with van der Waals surface area (Å²) in [6, 6.07) is 8.36. The topological polar surface area (TPSA) is 30.5 Å². The summed E-state index contributed by atoms with van der Waals surface area (Å²) < 4.78 is 10.8. The number of anilines is 1. The Hall–Kier alpha value is -1.22. The minimum atomic E-state index is 0.273. The van der Waals surface area contributed by atoms with Gasteiger partial charge in [0.25, 0.3) is 0 Å². The number of ether oxygens (including phenoxy) is 2. The van der Waals surface area contributed by atoms with Crippen molar-refractivity contribution in [1.29, 1.82) is 0 Å². The standard InChI is InChI=1S/C12H17NO2/c1-9-10(7-8-15-9)13-11-5-3-4-6-12(11)14-2/h3-6,9-10,13H,7-8H2,1-2H3/t9-,10-/m0/s1. The van der Waals surface area contributed by atoms with Gasteiger partial charge in [-0.1, -0.05) is 12.1 Å². The largest absolute Gasteiger partial charge is 0.495 e. The molecule has 2 atom stereocenters. The molecule has 0 spiro atoms. The Labute approximate surface area is 90.4 Å². The average Bonchev–Trinajstić information content (AvgIpc) is 2.65. The molecule has 82 valence electrons. The van der Waals surface area contributed by atoms with E-state index < -0.39 is 0 Å². The second-order valence-electron chi connectivity index (χ2n) is 3.82. The van der Waals surface area contributed by atoms with E-state index in [0.29, 0.717) is 6.04 Å². The van der Waals surface area contributed by atoms with Gasteiger partial charge >= 0.3 is 0 Å². The van der Waals surface area contributed by atoms with E-state index in [0.717, 1.165) is 24.5 Å². The summed E-state index contributed by atoms with van der Waals surface area (Å²) in [5, 5.41) is 3.46. The van der Waals surface area contributed by atoms with Crippen LogP contribution in [-0.2, 0) is 4.74 Å². The predicted molar refractivity (Wildman–Crippen MR) is 60.4 cm³/mol. The highest BCUT2D eigenvalue weighted by Gasteiger charge is 2.24. The first-order chi connectivity index (χ1) is 7.31. The van der Waals surface area contributed by atoms with Crippen LogP contribution in [0.1, 0.15) is 13.3 Å². The normalized spacial score (nSPS) is 25.2. The Morgan fingerprint density at radius 2 is 2.20 bits per heavy atom. The van der Waals surface area contributed by atoms with Crippen molar-refractivity contribution in [2.75, 3.05) is 19.0 Å². The Bertz CT molecular complexity index is 327. The summed E-state index contributed by atoms with van der Waals surface area (Å²) in [7, 11) is 1.69. The van der Waals surface area contributed by atoms with E-state index in [4.69, 9.17) is 9.47 Å². The third-order valence-corrected chi connectivity index (χ3v) is 2.82. The molecule has 1 N–H and O–H groups in total. The van der Waals surface area contributed by atoms with E-state index >= 15 is 0 Å². The highest BCUT2D eigenvalue weighted by molar-refractivity contribution is 5.56. The zero-order valence-electron chi connectivity index (χ0n) is 9.19. The molecule has 0 bridgehead atoms. The molecule has 1 saturated heterocycles. The van der Waals surface area contributed by atoms with Crippen LogP contribution in [-0.4, -0.2) is 25.9 Å². The maximum atomic E-state index is 5.51. The number of benzene rings is 1. The summed E-state index contributed by atoms with van der Waals surface area (Å²) in [5.41, 5.74) is 1.04. The van der Waals surface area contributed by atoms with Crippen LogP contribution in [0.3, 0.4) is 0 Å². The van der Waals surface area contributed by atoms with Crippen molar-refractivity contribution in [3.8, 4) is 5.75 Å². The SMILES string of the molecule is COc1ccccc1N[C@H]1CCO[C@H]1C. The molecule has 1 aliphatic heterocycles. The van der Waals surface area contributed by atoms with Gasteiger partial charge in [0.15, 0.2) is 0 Å². The van der Waals surface area contributed by atoms with Crippen LogP contribution in [0.25, 0.3) is 0 Å². The molecule has 1 aliphatic rings. The molecule has 15 heavy (non-hydrogen) atoms. The van der Waals surface area contributed by atoms with Crippen molar-refractivity contribution in [1.82, 2.24) is 0 Å². The smallest absolute Gasteiger partial charge is 0.141 e. The van der Waals surface area contributed by atoms with Crippen LogP contribution in [0.4, 0.5) is 5.69 Å². The molecule has 0 radical (unpaired) electrons. The molecule has 0 amide bonds. The van der Waals surface area contributed by atoms with Gasteiger partial charge in [-0.05, 0) is 25.5 Å². The van der Waals surface area contributed by atoms with Gasteiger partial charge in [-0.2, -0.15) is 0 Å². The number of hydrogen-bond acceptors (Lipinski definition) is 3. The Kier molecular flexibility index (Phi) is 3.11. The van der Waals surface area contributed by atoms with Crippen LogP contribution in [0.5, 0.6) is 5.75 Å². The van der Waals surface area contributed by atoms with E-state index in [9.17, 15) is 0 Å². The van der Waals surface area contributed by atoms with Gasteiger partial charge in [-0.3, -0.25) is 0 Å². The van der Waals surface area contributed by atoms with Gasteiger partial charge in [-0.15, -0.1) is 0 Å². The third-order valence-electron chi connectivity index (χ3n) is 2.82. The molecule has 0 saturated carbocycles. The highest BCUT2D eigenvalue weighted by Crippen LogP contribution is 2.26. The van der Waals surface area contributed by atoms with E-state index in [2.05, 4.69) is 12.2 Å². The monoisotopic (exact) mass is 207 g/mol. The van der Waals surface area contributed by atoms with Crippen LogP contribution < -0.4 is 10.1 Å². The number of para-hydroxylation sites is 2. The minimum absolute atomic E-state index is 0.273. The van der Waals surface area contributed by atoms with Crippen LogP contribution in [0.15, 0.2) is 24.3 Å². The Morgan fingerprint density at radius 1 is 1.40 bits per heavy atom. The minimum Gasteiger partial charge on any atom is -0.495 e.